The number of ether oxygens (including phenoxy) is 2. The predicted octanol–water partition coefficient (Wildman–Crippen LogP) is 3.19. The second-order valence-corrected chi connectivity index (χ2v) is 6.35. The van der Waals surface area contributed by atoms with Gasteiger partial charge in [-0.25, -0.2) is 0 Å². The van der Waals surface area contributed by atoms with Gasteiger partial charge >= 0.3 is 5.97 Å². The molecule has 2 amide bonds. The Kier molecular flexibility index (Phi) is 8.56. The van der Waals surface area contributed by atoms with E-state index in [0.717, 1.165) is 0 Å². The molecule has 0 heterocycles. The van der Waals surface area contributed by atoms with Crippen molar-refractivity contribution >= 4 is 34.9 Å². The Labute approximate surface area is 174 Å². The van der Waals surface area contributed by atoms with Gasteiger partial charge in [-0.3, -0.25) is 19.2 Å². The van der Waals surface area contributed by atoms with Crippen molar-refractivity contribution in [3.63, 3.8) is 0 Å². The van der Waals surface area contributed by atoms with Gasteiger partial charge in [0.25, 0.3) is 5.91 Å². The Morgan fingerprint density at radius 1 is 0.800 bits per heavy atom. The van der Waals surface area contributed by atoms with Gasteiger partial charge in [-0.15, -0.1) is 0 Å². The molecule has 2 aromatic rings. The summed E-state index contributed by atoms with van der Waals surface area (Å²) < 4.78 is 10.2. The summed E-state index contributed by atoms with van der Waals surface area (Å²) in [6.45, 7) is 3.43. The Bertz CT molecular complexity index is 891. The SMILES string of the molecule is CCOc1ccc(NC(=O)COC(=O)CCC(=O)Nc2ccc(C(C)=O)cc2)cc1. The number of benzene rings is 2. The number of anilines is 2. The highest BCUT2D eigenvalue weighted by Gasteiger charge is 2.11. The van der Waals surface area contributed by atoms with Crippen molar-refractivity contribution < 1.29 is 28.7 Å². The van der Waals surface area contributed by atoms with Crippen LogP contribution in [0.3, 0.4) is 0 Å². The van der Waals surface area contributed by atoms with E-state index in [1.807, 2.05) is 6.92 Å². The number of carbonyl (C=O) groups excluding carboxylic acids is 4. The molecular formula is C22H24N2O6. The van der Waals surface area contributed by atoms with Crippen LogP contribution < -0.4 is 15.4 Å². The van der Waals surface area contributed by atoms with Crippen LogP contribution in [0.25, 0.3) is 0 Å². The fraction of sp³-hybridized carbons (Fsp3) is 0.273. The molecule has 0 radical (unpaired) electrons. The molecule has 0 atom stereocenters. The number of carbonyl (C=O) groups is 4. The van der Waals surface area contributed by atoms with Gasteiger partial charge in [-0.1, -0.05) is 0 Å². The summed E-state index contributed by atoms with van der Waals surface area (Å²) in [6.07, 6.45) is -0.249. The van der Waals surface area contributed by atoms with E-state index in [4.69, 9.17) is 9.47 Å². The summed E-state index contributed by atoms with van der Waals surface area (Å²) in [7, 11) is 0. The minimum Gasteiger partial charge on any atom is -0.494 e. The van der Waals surface area contributed by atoms with Crippen molar-refractivity contribution in [2.24, 2.45) is 0 Å². The second kappa shape index (κ2) is 11.4. The van der Waals surface area contributed by atoms with E-state index < -0.39 is 18.5 Å². The zero-order chi connectivity index (χ0) is 21.9. The maximum Gasteiger partial charge on any atom is 0.306 e. The fourth-order valence-electron chi connectivity index (χ4n) is 2.44. The van der Waals surface area contributed by atoms with Gasteiger partial charge in [-0.2, -0.15) is 0 Å². The van der Waals surface area contributed by atoms with Gasteiger partial charge in [0.2, 0.25) is 5.91 Å². The van der Waals surface area contributed by atoms with Crippen LogP contribution in [-0.4, -0.2) is 36.8 Å². The zero-order valence-electron chi connectivity index (χ0n) is 16.9. The quantitative estimate of drug-likeness (QED) is 0.458. The van der Waals surface area contributed by atoms with Gasteiger partial charge in [0.15, 0.2) is 12.4 Å². The Hall–Kier alpha value is -3.68. The van der Waals surface area contributed by atoms with E-state index in [1.54, 1.807) is 48.5 Å². The molecule has 2 aromatic carbocycles. The number of hydrogen-bond acceptors (Lipinski definition) is 6. The summed E-state index contributed by atoms with van der Waals surface area (Å²) in [5, 5.41) is 5.23. The van der Waals surface area contributed by atoms with Crippen LogP contribution in [0.15, 0.2) is 48.5 Å². The normalized spacial score (nSPS) is 10.1. The topological polar surface area (TPSA) is 111 Å². The van der Waals surface area contributed by atoms with E-state index >= 15 is 0 Å². The van der Waals surface area contributed by atoms with Crippen molar-refractivity contribution in [3.05, 3.63) is 54.1 Å². The third-order valence-corrected chi connectivity index (χ3v) is 3.94. The average Bonchev–Trinajstić information content (AvgIpc) is 2.73. The van der Waals surface area contributed by atoms with E-state index in [-0.39, 0.29) is 24.5 Å². The molecule has 8 nitrogen and oxygen atoms in total. The molecule has 0 aliphatic heterocycles. The van der Waals surface area contributed by atoms with Crippen molar-refractivity contribution in [2.75, 3.05) is 23.8 Å². The monoisotopic (exact) mass is 412 g/mol. The van der Waals surface area contributed by atoms with Crippen LogP contribution in [0.2, 0.25) is 0 Å². The molecule has 0 aliphatic carbocycles. The molecule has 0 aliphatic rings. The third kappa shape index (κ3) is 7.75. The Balaban J connectivity index is 1.67. The molecule has 2 N–H and O–H groups in total. The summed E-state index contributed by atoms with van der Waals surface area (Å²) in [5.74, 6) is -0.889. The smallest absolute Gasteiger partial charge is 0.306 e. The lowest BCUT2D eigenvalue weighted by atomic mass is 10.1. The average molecular weight is 412 g/mol. The van der Waals surface area contributed by atoms with Crippen LogP contribution in [0.1, 0.15) is 37.0 Å². The van der Waals surface area contributed by atoms with Gasteiger partial charge in [-0.05, 0) is 62.4 Å². The first-order valence-electron chi connectivity index (χ1n) is 9.46. The molecular weight excluding hydrogens is 388 g/mol. The van der Waals surface area contributed by atoms with Crippen LogP contribution >= 0.6 is 0 Å². The number of nitrogens with one attached hydrogen (secondary N) is 2. The summed E-state index contributed by atoms with van der Waals surface area (Å²) in [5.41, 5.74) is 1.61. The van der Waals surface area contributed by atoms with Crippen molar-refractivity contribution in [1.29, 1.82) is 0 Å². The number of hydrogen-bond donors (Lipinski definition) is 2. The van der Waals surface area contributed by atoms with E-state index in [2.05, 4.69) is 10.6 Å². The number of esters is 1. The van der Waals surface area contributed by atoms with Crippen molar-refractivity contribution in [3.8, 4) is 5.75 Å². The zero-order valence-corrected chi connectivity index (χ0v) is 16.9. The number of amides is 2. The highest BCUT2D eigenvalue weighted by molar-refractivity contribution is 5.96. The van der Waals surface area contributed by atoms with Gasteiger partial charge < -0.3 is 20.1 Å². The molecule has 2 rings (SSSR count). The maximum atomic E-state index is 11.9. The molecule has 0 aromatic heterocycles. The predicted molar refractivity (Wildman–Crippen MR) is 112 cm³/mol. The Morgan fingerprint density at radius 3 is 1.93 bits per heavy atom. The first-order chi connectivity index (χ1) is 14.4. The standard InChI is InChI=1S/C22H24N2O6/c1-3-29-19-10-8-18(9-11-19)24-21(27)14-30-22(28)13-12-20(26)23-17-6-4-16(5-7-17)15(2)25/h4-11H,3,12-14H2,1-2H3,(H,23,26)(H,24,27). The lowest BCUT2D eigenvalue weighted by Crippen LogP contribution is -2.21. The maximum absolute atomic E-state index is 11.9. The van der Waals surface area contributed by atoms with Crippen LogP contribution in [0.4, 0.5) is 11.4 Å². The van der Waals surface area contributed by atoms with Gasteiger partial charge in [0.05, 0.1) is 13.0 Å². The van der Waals surface area contributed by atoms with Gasteiger partial charge in [0.1, 0.15) is 5.75 Å². The molecule has 0 bridgehead atoms. The molecule has 0 unspecified atom stereocenters. The second-order valence-electron chi connectivity index (χ2n) is 6.35. The molecule has 8 heteroatoms. The van der Waals surface area contributed by atoms with Crippen LogP contribution in [0.5, 0.6) is 5.75 Å². The lowest BCUT2D eigenvalue weighted by molar-refractivity contribution is -0.147. The summed E-state index contributed by atoms with van der Waals surface area (Å²) >= 11 is 0. The van der Waals surface area contributed by atoms with E-state index in [1.165, 1.54) is 6.92 Å². The minimum absolute atomic E-state index is 0.0674. The van der Waals surface area contributed by atoms with Crippen molar-refractivity contribution in [2.45, 2.75) is 26.7 Å². The third-order valence-electron chi connectivity index (χ3n) is 3.94. The highest BCUT2D eigenvalue weighted by atomic mass is 16.5. The molecule has 30 heavy (non-hydrogen) atoms. The largest absolute Gasteiger partial charge is 0.494 e. The number of rotatable bonds is 10. The first kappa shape index (κ1) is 22.6. The Morgan fingerprint density at radius 2 is 1.37 bits per heavy atom. The highest BCUT2D eigenvalue weighted by Crippen LogP contribution is 2.15. The molecule has 0 saturated heterocycles. The van der Waals surface area contributed by atoms with Crippen LogP contribution in [0, 0.1) is 0 Å². The molecule has 0 saturated carbocycles. The number of ketones is 1. The number of Topliss-reactive ketones (excluding diaryl/α,β-unsaturated/α-hetero) is 1. The molecule has 0 fully saturated rings. The first-order valence-corrected chi connectivity index (χ1v) is 9.46. The van der Waals surface area contributed by atoms with E-state index in [0.29, 0.717) is 29.3 Å². The van der Waals surface area contributed by atoms with Crippen molar-refractivity contribution in [1.82, 2.24) is 0 Å². The molecule has 0 spiro atoms. The lowest BCUT2D eigenvalue weighted by Gasteiger charge is -2.08. The minimum atomic E-state index is -0.654. The summed E-state index contributed by atoms with van der Waals surface area (Å²) in [4.78, 5) is 46.8. The molecule has 158 valence electrons. The fourth-order valence-corrected chi connectivity index (χ4v) is 2.44. The van der Waals surface area contributed by atoms with Gasteiger partial charge in [0, 0.05) is 23.4 Å². The summed E-state index contributed by atoms with van der Waals surface area (Å²) in [6, 6.07) is 13.2. The van der Waals surface area contributed by atoms with E-state index in [9.17, 15) is 19.2 Å². The van der Waals surface area contributed by atoms with Crippen LogP contribution in [-0.2, 0) is 19.1 Å².